The number of aliphatic hydroxyl groups is 1. The maximum atomic E-state index is 14.1. The van der Waals surface area contributed by atoms with Crippen LogP contribution in [0.2, 0.25) is 0 Å². The summed E-state index contributed by atoms with van der Waals surface area (Å²) in [5, 5.41) is 15.2. The van der Waals surface area contributed by atoms with Crippen molar-refractivity contribution in [1.29, 1.82) is 0 Å². The molecule has 3 rings (SSSR count). The molecule has 0 fully saturated rings. The van der Waals surface area contributed by atoms with E-state index < -0.39 is 54.8 Å². The van der Waals surface area contributed by atoms with Crippen LogP contribution in [-0.4, -0.2) is 90.5 Å². The van der Waals surface area contributed by atoms with E-state index in [1.165, 1.54) is 52.3 Å². The molecule has 1 aliphatic heterocycles. The standard InChI is InChI=1S/C33H44F4N4O6/c1-21-18-41(22(2)20-42)31(44)27-17-26(38-30(43)14-15-33(35,36)37)12-13-28(27)47-23(3)7-5-6-16-46-29(21)19-40(4)32(45)39-25-10-8-24(34)9-11-25/h8-13,17,21-23,29,42H,5-7,14-16,18-20H2,1-4H3,(H,38,43)(H,39,45)/t21-,22+,23+,29-/m1/s1. The van der Waals surface area contributed by atoms with E-state index in [4.69, 9.17) is 9.47 Å². The number of aliphatic hydroxyl groups excluding tert-OH is 1. The Balaban J connectivity index is 1.87. The van der Waals surface area contributed by atoms with Crippen LogP contribution in [0.15, 0.2) is 42.5 Å². The van der Waals surface area contributed by atoms with Gasteiger partial charge in [-0.3, -0.25) is 9.59 Å². The van der Waals surface area contributed by atoms with Crippen molar-refractivity contribution in [3.63, 3.8) is 0 Å². The average molecular weight is 669 g/mol. The molecule has 4 amide bonds. The lowest BCUT2D eigenvalue weighted by atomic mass is 10.0. The molecule has 0 spiro atoms. The van der Waals surface area contributed by atoms with Crippen LogP contribution < -0.4 is 15.4 Å². The Morgan fingerprint density at radius 3 is 2.43 bits per heavy atom. The SMILES string of the molecule is C[C@@H]1CN([C@@H](C)CO)C(=O)c2cc(NC(=O)CCC(F)(F)F)ccc2O[C@@H](C)CCCCO[C@@H]1CN(C)C(=O)Nc1ccc(F)cc1. The molecule has 0 unspecified atom stereocenters. The molecule has 1 aliphatic rings. The van der Waals surface area contributed by atoms with Crippen molar-refractivity contribution in [3.8, 4) is 5.75 Å². The summed E-state index contributed by atoms with van der Waals surface area (Å²) >= 11 is 0. The maximum Gasteiger partial charge on any atom is 0.389 e. The Morgan fingerprint density at radius 2 is 1.77 bits per heavy atom. The molecular weight excluding hydrogens is 624 g/mol. The highest BCUT2D eigenvalue weighted by atomic mass is 19.4. The third kappa shape index (κ3) is 12.0. The van der Waals surface area contributed by atoms with Crippen molar-refractivity contribution in [3.05, 3.63) is 53.8 Å². The van der Waals surface area contributed by atoms with E-state index in [1.807, 2.05) is 13.8 Å². The van der Waals surface area contributed by atoms with Crippen molar-refractivity contribution in [1.82, 2.24) is 9.80 Å². The number of rotatable bonds is 8. The summed E-state index contributed by atoms with van der Waals surface area (Å²) in [6.45, 7) is 5.67. The maximum absolute atomic E-state index is 14.1. The average Bonchev–Trinajstić information content (AvgIpc) is 3.02. The second kappa shape index (κ2) is 17.3. The fraction of sp³-hybridized carbons (Fsp3) is 0.545. The lowest BCUT2D eigenvalue weighted by molar-refractivity contribution is -0.142. The van der Waals surface area contributed by atoms with Crippen molar-refractivity contribution in [2.45, 2.75) is 77.3 Å². The number of hydrogen-bond donors (Lipinski definition) is 3. The molecule has 14 heteroatoms. The van der Waals surface area contributed by atoms with Crippen LogP contribution in [0.4, 0.5) is 33.7 Å². The number of nitrogens with zero attached hydrogens (tertiary/aromatic N) is 2. The summed E-state index contributed by atoms with van der Waals surface area (Å²) in [7, 11) is 1.60. The first-order chi connectivity index (χ1) is 22.2. The van der Waals surface area contributed by atoms with Gasteiger partial charge in [0.2, 0.25) is 5.91 Å². The normalized spacial score (nSPS) is 20.3. The van der Waals surface area contributed by atoms with Gasteiger partial charge in [-0.15, -0.1) is 0 Å². The fourth-order valence-electron chi connectivity index (χ4n) is 5.05. The minimum absolute atomic E-state index is 0.0725. The molecule has 0 radical (unpaired) electrons. The zero-order valence-corrected chi connectivity index (χ0v) is 27.1. The Morgan fingerprint density at radius 1 is 1.09 bits per heavy atom. The zero-order valence-electron chi connectivity index (χ0n) is 27.1. The summed E-state index contributed by atoms with van der Waals surface area (Å²) in [6.07, 6.45) is -5.30. The molecule has 260 valence electrons. The molecular formula is C33H44F4N4O6. The van der Waals surface area contributed by atoms with Gasteiger partial charge in [0, 0.05) is 50.5 Å². The van der Waals surface area contributed by atoms with Gasteiger partial charge in [0.05, 0.1) is 36.8 Å². The highest BCUT2D eigenvalue weighted by Gasteiger charge is 2.31. The first-order valence-corrected chi connectivity index (χ1v) is 15.6. The predicted octanol–water partition coefficient (Wildman–Crippen LogP) is 6.07. The van der Waals surface area contributed by atoms with Crippen LogP contribution in [0.1, 0.15) is 63.2 Å². The quantitative estimate of drug-likeness (QED) is 0.294. The monoisotopic (exact) mass is 668 g/mol. The Kier molecular flexibility index (Phi) is 13.8. The van der Waals surface area contributed by atoms with Gasteiger partial charge in [0.1, 0.15) is 11.6 Å². The number of carbonyl (C=O) groups excluding carboxylic acids is 3. The van der Waals surface area contributed by atoms with Gasteiger partial charge in [0.15, 0.2) is 0 Å². The van der Waals surface area contributed by atoms with Crippen molar-refractivity contribution >= 4 is 29.2 Å². The van der Waals surface area contributed by atoms with E-state index in [1.54, 1.807) is 14.0 Å². The molecule has 1 heterocycles. The number of fused-ring (bicyclic) bond motifs is 1. The van der Waals surface area contributed by atoms with Crippen LogP contribution in [0.25, 0.3) is 0 Å². The third-order valence-electron chi connectivity index (χ3n) is 7.87. The number of halogens is 4. The van der Waals surface area contributed by atoms with Gasteiger partial charge in [-0.05, 0) is 75.6 Å². The molecule has 0 saturated heterocycles. The number of urea groups is 1. The van der Waals surface area contributed by atoms with Crippen LogP contribution >= 0.6 is 0 Å². The highest BCUT2D eigenvalue weighted by Crippen LogP contribution is 2.29. The Hall–Kier alpha value is -3.91. The number of benzene rings is 2. The number of alkyl halides is 3. The lowest BCUT2D eigenvalue weighted by Gasteiger charge is -2.35. The van der Waals surface area contributed by atoms with Gasteiger partial charge in [-0.1, -0.05) is 6.92 Å². The van der Waals surface area contributed by atoms with E-state index in [9.17, 15) is 37.1 Å². The molecule has 0 aliphatic carbocycles. The van der Waals surface area contributed by atoms with E-state index >= 15 is 0 Å². The van der Waals surface area contributed by atoms with E-state index in [-0.39, 0.29) is 48.7 Å². The first kappa shape index (κ1) is 37.5. The van der Waals surface area contributed by atoms with Crippen LogP contribution in [-0.2, 0) is 9.53 Å². The summed E-state index contributed by atoms with van der Waals surface area (Å²) < 4.78 is 63.6. The van der Waals surface area contributed by atoms with Crippen molar-refractivity contribution in [2.24, 2.45) is 5.92 Å². The van der Waals surface area contributed by atoms with Crippen molar-refractivity contribution < 1.29 is 46.5 Å². The summed E-state index contributed by atoms with van der Waals surface area (Å²) in [4.78, 5) is 42.2. The summed E-state index contributed by atoms with van der Waals surface area (Å²) in [6, 6.07) is 8.61. The fourth-order valence-corrected chi connectivity index (χ4v) is 5.05. The highest BCUT2D eigenvalue weighted by molar-refractivity contribution is 5.99. The minimum Gasteiger partial charge on any atom is -0.490 e. The summed E-state index contributed by atoms with van der Waals surface area (Å²) in [5.41, 5.74) is 0.618. The molecule has 2 aromatic carbocycles. The van der Waals surface area contributed by atoms with Gasteiger partial charge in [0.25, 0.3) is 5.91 Å². The van der Waals surface area contributed by atoms with Gasteiger partial charge < -0.3 is 35.0 Å². The molecule has 10 nitrogen and oxygen atoms in total. The second-order valence-corrected chi connectivity index (χ2v) is 12.0. The van der Waals surface area contributed by atoms with Gasteiger partial charge in [-0.2, -0.15) is 13.2 Å². The number of ether oxygens (including phenoxy) is 2. The number of hydrogen-bond acceptors (Lipinski definition) is 6. The number of carbonyl (C=O) groups is 3. The molecule has 0 aromatic heterocycles. The van der Waals surface area contributed by atoms with Gasteiger partial charge in [-0.25, -0.2) is 9.18 Å². The number of nitrogens with one attached hydrogen (secondary N) is 2. The number of likely N-dealkylation sites (N-methyl/N-ethyl adjacent to an activating group) is 1. The lowest BCUT2D eigenvalue weighted by Crippen LogP contribution is -2.48. The molecule has 4 atom stereocenters. The second-order valence-electron chi connectivity index (χ2n) is 12.0. The topological polar surface area (TPSA) is 120 Å². The van der Waals surface area contributed by atoms with E-state index in [2.05, 4.69) is 10.6 Å². The third-order valence-corrected chi connectivity index (χ3v) is 7.87. The van der Waals surface area contributed by atoms with Crippen LogP contribution in [0, 0.1) is 11.7 Å². The summed E-state index contributed by atoms with van der Waals surface area (Å²) in [5.74, 6) is -1.91. The van der Waals surface area contributed by atoms with E-state index in [0.717, 1.165) is 6.42 Å². The largest absolute Gasteiger partial charge is 0.490 e. The predicted molar refractivity (Wildman–Crippen MR) is 169 cm³/mol. The molecule has 0 bridgehead atoms. The van der Waals surface area contributed by atoms with Gasteiger partial charge >= 0.3 is 12.2 Å². The number of anilines is 2. The smallest absolute Gasteiger partial charge is 0.389 e. The Labute approximate surface area is 272 Å². The van der Waals surface area contributed by atoms with Crippen molar-refractivity contribution in [2.75, 3.05) is 44.0 Å². The zero-order chi connectivity index (χ0) is 34.7. The Bertz CT molecular complexity index is 1340. The first-order valence-electron chi connectivity index (χ1n) is 15.6. The molecule has 3 N–H and O–H groups in total. The van der Waals surface area contributed by atoms with Crippen LogP contribution in [0.3, 0.4) is 0 Å². The molecule has 47 heavy (non-hydrogen) atoms. The number of amides is 4. The minimum atomic E-state index is -4.49. The molecule has 2 aromatic rings. The van der Waals surface area contributed by atoms with E-state index in [0.29, 0.717) is 25.1 Å². The van der Waals surface area contributed by atoms with Crippen LogP contribution in [0.5, 0.6) is 5.75 Å². The molecule has 0 saturated carbocycles.